The minimum atomic E-state index is 0.706. The summed E-state index contributed by atoms with van der Waals surface area (Å²) >= 11 is 0. The van der Waals surface area contributed by atoms with E-state index < -0.39 is 0 Å². The molecule has 52 valence electrons. The molecule has 0 saturated carbocycles. The SMILES string of the molecule is C=C/C(C)=c1/ccoc1=C. The van der Waals surface area contributed by atoms with Crippen LogP contribution in [0.4, 0.5) is 0 Å². The van der Waals surface area contributed by atoms with Crippen LogP contribution in [-0.2, 0) is 0 Å². The normalized spacial score (nSPS) is 12.9. The lowest BCUT2D eigenvalue weighted by Gasteiger charge is -1.83. The van der Waals surface area contributed by atoms with Gasteiger partial charge in [-0.3, -0.25) is 0 Å². The summed E-state index contributed by atoms with van der Waals surface area (Å²) in [5.41, 5.74) is 1.80. The van der Waals surface area contributed by atoms with Crippen LogP contribution < -0.4 is 10.6 Å². The Morgan fingerprint density at radius 1 is 1.70 bits per heavy atom. The summed E-state index contributed by atoms with van der Waals surface area (Å²) in [6, 6.07) is 1.89. The van der Waals surface area contributed by atoms with Gasteiger partial charge in [0.05, 0.1) is 6.26 Å². The highest BCUT2D eigenvalue weighted by atomic mass is 16.3. The van der Waals surface area contributed by atoms with Crippen molar-refractivity contribution in [2.24, 2.45) is 0 Å². The Labute approximate surface area is 60.0 Å². The van der Waals surface area contributed by atoms with E-state index >= 15 is 0 Å². The molecule has 1 nitrogen and oxygen atoms in total. The third-order valence-electron chi connectivity index (χ3n) is 1.48. The van der Waals surface area contributed by atoms with E-state index in [9.17, 15) is 0 Å². The molecule has 0 radical (unpaired) electrons. The molecule has 10 heavy (non-hydrogen) atoms. The first-order chi connectivity index (χ1) is 4.75. The smallest absolute Gasteiger partial charge is 0.126 e. The molecule has 0 spiro atoms. The van der Waals surface area contributed by atoms with Gasteiger partial charge in [0, 0.05) is 5.22 Å². The summed E-state index contributed by atoms with van der Waals surface area (Å²) in [6.07, 6.45) is 3.42. The standard InChI is InChI=1S/C9H10O/c1-4-7(2)9-5-6-10-8(9)3/h4-6H,1,3H2,2H3/b9-7-. The van der Waals surface area contributed by atoms with Crippen LogP contribution in [0.25, 0.3) is 12.2 Å². The second kappa shape index (κ2) is 2.56. The molecule has 0 saturated heterocycles. The van der Waals surface area contributed by atoms with Crippen molar-refractivity contribution in [1.82, 2.24) is 0 Å². The molecule has 0 unspecified atom stereocenters. The molecule has 1 aromatic rings. The maximum absolute atomic E-state index is 5.01. The summed E-state index contributed by atoms with van der Waals surface area (Å²) in [4.78, 5) is 0. The molecule has 1 heterocycles. The first kappa shape index (κ1) is 6.87. The van der Waals surface area contributed by atoms with Gasteiger partial charge in [0.25, 0.3) is 0 Å². The molecule has 0 aromatic carbocycles. The van der Waals surface area contributed by atoms with Crippen molar-refractivity contribution >= 4 is 12.2 Å². The Bertz CT molecular complexity index is 330. The summed E-state index contributed by atoms with van der Waals surface area (Å²) in [5.74, 6) is 0. The van der Waals surface area contributed by atoms with Crippen LogP contribution in [-0.4, -0.2) is 0 Å². The Morgan fingerprint density at radius 2 is 2.40 bits per heavy atom. The van der Waals surface area contributed by atoms with E-state index in [0.717, 1.165) is 10.8 Å². The number of allylic oxidation sites excluding steroid dienone is 1. The topological polar surface area (TPSA) is 13.1 Å². The molecule has 1 aromatic heterocycles. The maximum Gasteiger partial charge on any atom is 0.126 e. The second-order valence-corrected chi connectivity index (χ2v) is 2.14. The quantitative estimate of drug-likeness (QED) is 0.559. The van der Waals surface area contributed by atoms with Crippen molar-refractivity contribution in [3.63, 3.8) is 0 Å². The Hall–Kier alpha value is -1.24. The van der Waals surface area contributed by atoms with Crippen LogP contribution in [0.15, 0.2) is 29.4 Å². The summed E-state index contributed by atoms with van der Waals surface area (Å²) < 4.78 is 5.01. The van der Waals surface area contributed by atoms with Crippen LogP contribution in [0.3, 0.4) is 0 Å². The Morgan fingerprint density at radius 3 is 2.80 bits per heavy atom. The zero-order valence-corrected chi connectivity index (χ0v) is 6.05. The number of hydrogen-bond donors (Lipinski definition) is 0. The van der Waals surface area contributed by atoms with E-state index in [1.807, 2.05) is 13.0 Å². The lowest BCUT2D eigenvalue weighted by Crippen LogP contribution is -2.18. The van der Waals surface area contributed by atoms with Crippen molar-refractivity contribution in [1.29, 1.82) is 0 Å². The predicted octanol–water partition coefficient (Wildman–Crippen LogP) is 1.05. The highest BCUT2D eigenvalue weighted by Gasteiger charge is 1.87. The molecule has 0 amide bonds. The summed E-state index contributed by atoms with van der Waals surface area (Å²) in [7, 11) is 0. The maximum atomic E-state index is 5.01. The first-order valence-corrected chi connectivity index (χ1v) is 3.11. The van der Waals surface area contributed by atoms with Crippen LogP contribution in [0.1, 0.15) is 6.92 Å². The predicted molar refractivity (Wildman–Crippen MR) is 42.8 cm³/mol. The molecule has 0 aliphatic carbocycles. The summed E-state index contributed by atoms with van der Waals surface area (Å²) in [5, 5.41) is 1.04. The van der Waals surface area contributed by atoms with Crippen LogP contribution in [0.5, 0.6) is 0 Å². The van der Waals surface area contributed by atoms with E-state index in [0.29, 0.717) is 5.42 Å². The lowest BCUT2D eigenvalue weighted by molar-refractivity contribution is 0.532. The fourth-order valence-electron chi connectivity index (χ4n) is 0.802. The lowest BCUT2D eigenvalue weighted by atomic mass is 10.2. The molecule has 0 atom stereocenters. The van der Waals surface area contributed by atoms with Crippen LogP contribution >= 0.6 is 0 Å². The number of furan rings is 1. The van der Waals surface area contributed by atoms with Gasteiger partial charge >= 0.3 is 0 Å². The fraction of sp³-hybridized carbons (Fsp3) is 0.111. The van der Waals surface area contributed by atoms with Gasteiger partial charge in [0.1, 0.15) is 5.42 Å². The Balaban J connectivity index is 3.55. The average Bonchev–Trinajstić information content (AvgIpc) is 2.34. The van der Waals surface area contributed by atoms with Crippen molar-refractivity contribution in [2.45, 2.75) is 6.92 Å². The highest BCUT2D eigenvalue weighted by Crippen LogP contribution is 1.87. The molecule has 0 aliphatic rings. The molecule has 0 aliphatic heterocycles. The number of rotatable bonds is 1. The third kappa shape index (κ3) is 1.03. The van der Waals surface area contributed by atoms with E-state index in [2.05, 4.69) is 13.2 Å². The zero-order valence-electron chi connectivity index (χ0n) is 6.05. The van der Waals surface area contributed by atoms with Gasteiger partial charge < -0.3 is 4.42 Å². The second-order valence-electron chi connectivity index (χ2n) is 2.14. The van der Waals surface area contributed by atoms with Gasteiger partial charge in [0.2, 0.25) is 0 Å². The largest absolute Gasteiger partial charge is 0.465 e. The fourth-order valence-corrected chi connectivity index (χ4v) is 0.802. The van der Waals surface area contributed by atoms with Crippen LogP contribution in [0, 0.1) is 0 Å². The van der Waals surface area contributed by atoms with Gasteiger partial charge in [0.15, 0.2) is 0 Å². The summed E-state index contributed by atoms with van der Waals surface area (Å²) in [6.45, 7) is 9.34. The average molecular weight is 134 g/mol. The van der Waals surface area contributed by atoms with Crippen molar-refractivity contribution < 1.29 is 4.42 Å². The third-order valence-corrected chi connectivity index (χ3v) is 1.48. The first-order valence-electron chi connectivity index (χ1n) is 3.11. The zero-order chi connectivity index (χ0) is 7.56. The van der Waals surface area contributed by atoms with Gasteiger partial charge in [-0.1, -0.05) is 19.2 Å². The molecular formula is C9H10O. The Kier molecular flexibility index (Phi) is 1.76. The molecule has 0 bridgehead atoms. The van der Waals surface area contributed by atoms with Crippen molar-refractivity contribution in [2.75, 3.05) is 0 Å². The van der Waals surface area contributed by atoms with E-state index in [4.69, 9.17) is 4.42 Å². The molecular weight excluding hydrogens is 124 g/mol. The van der Waals surface area contributed by atoms with Gasteiger partial charge in [-0.15, -0.1) is 0 Å². The van der Waals surface area contributed by atoms with E-state index in [1.165, 1.54) is 0 Å². The van der Waals surface area contributed by atoms with Gasteiger partial charge in [-0.25, -0.2) is 0 Å². The van der Waals surface area contributed by atoms with Crippen LogP contribution in [0.2, 0.25) is 0 Å². The highest BCUT2D eigenvalue weighted by molar-refractivity contribution is 5.52. The molecule has 0 N–H and O–H groups in total. The van der Waals surface area contributed by atoms with Crippen molar-refractivity contribution in [3.05, 3.63) is 35.6 Å². The van der Waals surface area contributed by atoms with Crippen molar-refractivity contribution in [3.8, 4) is 0 Å². The van der Waals surface area contributed by atoms with Gasteiger partial charge in [-0.2, -0.15) is 0 Å². The van der Waals surface area contributed by atoms with E-state index in [-0.39, 0.29) is 0 Å². The van der Waals surface area contributed by atoms with E-state index in [1.54, 1.807) is 12.3 Å². The molecule has 0 fully saturated rings. The minimum absolute atomic E-state index is 0.706. The molecule has 1 heteroatoms. The van der Waals surface area contributed by atoms with Gasteiger partial charge in [-0.05, 0) is 18.6 Å². The number of hydrogen-bond acceptors (Lipinski definition) is 1. The molecule has 1 rings (SSSR count). The minimum Gasteiger partial charge on any atom is -0.465 e. The monoisotopic (exact) mass is 134 g/mol.